The Kier molecular flexibility index (Phi) is 10.5. The van der Waals surface area contributed by atoms with Gasteiger partial charge in [0.2, 0.25) is 11.4 Å². The highest BCUT2D eigenvalue weighted by Gasteiger charge is 2.38. The van der Waals surface area contributed by atoms with Crippen LogP contribution in [-0.2, 0) is 18.7 Å². The van der Waals surface area contributed by atoms with Gasteiger partial charge in [-0.15, -0.1) is 0 Å². The Morgan fingerprint density at radius 3 is 2.30 bits per heavy atom. The number of aromatic amines is 1. The van der Waals surface area contributed by atoms with Crippen molar-refractivity contribution in [2.45, 2.75) is 24.8 Å². The molecule has 1 amide bonds. The monoisotopic (exact) mass is 673 g/mol. The van der Waals surface area contributed by atoms with Crippen LogP contribution in [0.15, 0.2) is 125 Å². The molecule has 6 rings (SSSR count). The molecule has 0 saturated heterocycles. The van der Waals surface area contributed by atoms with Gasteiger partial charge in [0, 0.05) is 43.2 Å². The molecule has 0 aliphatic heterocycles. The third kappa shape index (κ3) is 7.66. The fourth-order valence-corrected chi connectivity index (χ4v) is 5.91. The SMILES string of the molecule is CN(CCNC(=O)c1ccc(CNC[C@H](O)c2ccc(O)c3[nH]c(=O)ccc23)cc1)Cc1cnc(C(O)(c2ccccc2)c2ccccc2)o1. The second kappa shape index (κ2) is 15.3. The van der Waals surface area contributed by atoms with Gasteiger partial charge in [0.25, 0.3) is 5.91 Å². The first-order valence-electron chi connectivity index (χ1n) is 16.3. The highest BCUT2D eigenvalue weighted by molar-refractivity contribution is 5.94. The number of H-pyrrole nitrogens is 1. The predicted octanol–water partition coefficient (Wildman–Crippen LogP) is 4.19. The number of fused-ring (bicyclic) bond motifs is 1. The van der Waals surface area contributed by atoms with Crippen LogP contribution in [0.2, 0.25) is 0 Å². The molecule has 0 unspecified atom stereocenters. The maximum absolute atomic E-state index is 12.8. The third-order valence-electron chi connectivity index (χ3n) is 8.60. The Morgan fingerprint density at radius 2 is 1.62 bits per heavy atom. The van der Waals surface area contributed by atoms with Crippen molar-refractivity contribution in [3.8, 4) is 5.75 Å². The lowest BCUT2D eigenvalue weighted by Gasteiger charge is -2.26. The molecular weight excluding hydrogens is 634 g/mol. The highest BCUT2D eigenvalue weighted by atomic mass is 16.4. The smallest absolute Gasteiger partial charge is 0.251 e. The molecule has 0 aliphatic carbocycles. The number of hydrogen-bond donors (Lipinski definition) is 6. The zero-order valence-electron chi connectivity index (χ0n) is 27.5. The van der Waals surface area contributed by atoms with Gasteiger partial charge in [-0.1, -0.05) is 78.9 Å². The highest BCUT2D eigenvalue weighted by Crippen LogP contribution is 2.36. The number of rotatable bonds is 14. The number of aromatic hydroxyl groups is 1. The van der Waals surface area contributed by atoms with E-state index in [0.717, 1.165) is 5.56 Å². The van der Waals surface area contributed by atoms with E-state index in [2.05, 4.69) is 20.6 Å². The third-order valence-corrected chi connectivity index (χ3v) is 8.60. The molecule has 0 bridgehead atoms. The summed E-state index contributed by atoms with van der Waals surface area (Å²) in [6.07, 6.45) is 0.752. The van der Waals surface area contributed by atoms with Crippen molar-refractivity contribution < 1.29 is 24.5 Å². The number of aliphatic hydroxyl groups is 2. The van der Waals surface area contributed by atoms with E-state index in [-0.39, 0.29) is 35.2 Å². The van der Waals surface area contributed by atoms with Crippen LogP contribution in [-0.4, -0.2) is 62.8 Å². The number of amides is 1. The summed E-state index contributed by atoms with van der Waals surface area (Å²) in [4.78, 5) is 33.5. The molecule has 0 spiro atoms. The van der Waals surface area contributed by atoms with Crippen LogP contribution < -0.4 is 16.2 Å². The number of aliphatic hydroxyl groups excluding tert-OH is 1. The molecule has 1 atom stereocenters. The quantitative estimate of drug-likeness (QED) is 0.0995. The number of phenolic OH excluding ortho intramolecular Hbond substituents is 1. The van der Waals surface area contributed by atoms with Gasteiger partial charge in [-0.2, -0.15) is 0 Å². The lowest BCUT2D eigenvalue weighted by molar-refractivity contribution is 0.0896. The average Bonchev–Trinajstić information content (AvgIpc) is 3.61. The summed E-state index contributed by atoms with van der Waals surface area (Å²) >= 11 is 0. The van der Waals surface area contributed by atoms with Crippen LogP contribution in [0.4, 0.5) is 0 Å². The number of carbonyl (C=O) groups excluding carboxylic acids is 1. The van der Waals surface area contributed by atoms with E-state index >= 15 is 0 Å². The molecule has 6 N–H and O–H groups in total. The lowest BCUT2D eigenvalue weighted by Crippen LogP contribution is -2.32. The lowest BCUT2D eigenvalue weighted by atomic mass is 9.86. The molecule has 0 fully saturated rings. The van der Waals surface area contributed by atoms with Crippen molar-refractivity contribution in [2.24, 2.45) is 0 Å². The van der Waals surface area contributed by atoms with Crippen molar-refractivity contribution in [2.75, 3.05) is 26.7 Å². The van der Waals surface area contributed by atoms with Gasteiger partial charge in [-0.3, -0.25) is 14.5 Å². The van der Waals surface area contributed by atoms with E-state index < -0.39 is 11.7 Å². The molecular formula is C39H39N5O6. The molecule has 0 aliphatic rings. The number of phenols is 1. The molecule has 11 nitrogen and oxygen atoms in total. The first kappa shape index (κ1) is 34.3. The number of hydrogen-bond acceptors (Lipinski definition) is 9. The van der Waals surface area contributed by atoms with Gasteiger partial charge in [-0.25, -0.2) is 4.98 Å². The molecule has 0 saturated carbocycles. The molecule has 11 heteroatoms. The molecule has 256 valence electrons. The Bertz CT molecular complexity index is 2060. The number of likely N-dealkylation sites (N-methyl/N-ethyl adjacent to an activating group) is 1. The number of nitrogens with zero attached hydrogens (tertiary/aromatic N) is 2. The summed E-state index contributed by atoms with van der Waals surface area (Å²) in [7, 11) is 1.92. The number of nitrogens with one attached hydrogen (secondary N) is 3. The number of pyridine rings is 1. The summed E-state index contributed by atoms with van der Waals surface area (Å²) in [5.41, 5.74) is 1.76. The molecule has 2 aromatic heterocycles. The van der Waals surface area contributed by atoms with E-state index in [0.29, 0.717) is 59.6 Å². The minimum absolute atomic E-state index is 0.0591. The molecule has 4 aromatic carbocycles. The van der Waals surface area contributed by atoms with Gasteiger partial charge in [0.05, 0.1) is 24.4 Å². The fourth-order valence-electron chi connectivity index (χ4n) is 5.91. The van der Waals surface area contributed by atoms with Gasteiger partial charge >= 0.3 is 0 Å². The van der Waals surface area contributed by atoms with Crippen molar-refractivity contribution in [1.29, 1.82) is 0 Å². The maximum atomic E-state index is 12.8. The molecule has 50 heavy (non-hydrogen) atoms. The molecule has 2 heterocycles. The largest absolute Gasteiger partial charge is 0.506 e. The summed E-state index contributed by atoms with van der Waals surface area (Å²) in [6.45, 7) is 2.11. The predicted molar refractivity (Wildman–Crippen MR) is 189 cm³/mol. The van der Waals surface area contributed by atoms with E-state index in [9.17, 15) is 24.9 Å². The molecule has 6 aromatic rings. The van der Waals surface area contributed by atoms with Crippen molar-refractivity contribution >= 4 is 16.8 Å². The fraction of sp³-hybridized carbons (Fsp3) is 0.205. The Labute approximate surface area is 288 Å². The van der Waals surface area contributed by atoms with Gasteiger partial charge in [0.1, 0.15) is 11.5 Å². The molecule has 0 radical (unpaired) electrons. The summed E-state index contributed by atoms with van der Waals surface area (Å²) < 4.78 is 6.09. The summed E-state index contributed by atoms with van der Waals surface area (Å²) in [5.74, 6) is 0.522. The minimum Gasteiger partial charge on any atom is -0.506 e. The van der Waals surface area contributed by atoms with Crippen LogP contribution in [0, 0.1) is 0 Å². The average molecular weight is 674 g/mol. The Balaban J connectivity index is 0.972. The number of aromatic nitrogens is 2. The summed E-state index contributed by atoms with van der Waals surface area (Å²) in [6, 6.07) is 31.9. The summed E-state index contributed by atoms with van der Waals surface area (Å²) in [5, 5.41) is 39.5. The van der Waals surface area contributed by atoms with Crippen LogP contribution >= 0.6 is 0 Å². The van der Waals surface area contributed by atoms with Gasteiger partial charge < -0.3 is 35.4 Å². The van der Waals surface area contributed by atoms with Crippen LogP contribution in [0.25, 0.3) is 10.9 Å². The van der Waals surface area contributed by atoms with Crippen molar-refractivity contribution in [3.05, 3.63) is 165 Å². The number of oxazole rings is 1. The van der Waals surface area contributed by atoms with Gasteiger partial charge in [-0.05, 0) is 53.6 Å². The first-order valence-corrected chi connectivity index (χ1v) is 16.3. The standard InChI is InChI=1S/C39H39N5O6/c1-44(25-30-23-42-38(50-30)39(49,28-8-4-2-5-9-28)29-10-6-3-7-11-29)21-20-41-37(48)27-14-12-26(13-15-27)22-40-24-34(46)31-16-18-33(45)36-32(31)17-19-35(47)43-36/h2-19,23,34,40,45-46,49H,20-22,24-25H2,1H3,(H,41,48)(H,43,47)/t34-/m0/s1. The second-order valence-corrected chi connectivity index (χ2v) is 12.2. The second-order valence-electron chi connectivity index (χ2n) is 12.2. The van der Waals surface area contributed by atoms with Crippen LogP contribution in [0.5, 0.6) is 5.75 Å². The normalized spacial score (nSPS) is 12.3. The van der Waals surface area contributed by atoms with E-state index in [1.54, 1.807) is 30.5 Å². The van der Waals surface area contributed by atoms with Crippen molar-refractivity contribution in [3.63, 3.8) is 0 Å². The van der Waals surface area contributed by atoms with Gasteiger partial charge in [0.15, 0.2) is 5.60 Å². The van der Waals surface area contributed by atoms with Crippen LogP contribution in [0.3, 0.4) is 0 Å². The minimum atomic E-state index is -1.55. The van der Waals surface area contributed by atoms with Crippen molar-refractivity contribution in [1.82, 2.24) is 25.5 Å². The zero-order valence-corrected chi connectivity index (χ0v) is 27.5. The van der Waals surface area contributed by atoms with Crippen LogP contribution in [0.1, 0.15) is 50.4 Å². The van der Waals surface area contributed by atoms with E-state index in [1.165, 1.54) is 12.1 Å². The Morgan fingerprint density at radius 1 is 0.940 bits per heavy atom. The topological polar surface area (TPSA) is 164 Å². The number of carbonyl (C=O) groups is 1. The number of benzene rings is 4. The zero-order chi connectivity index (χ0) is 35.1. The van der Waals surface area contributed by atoms with E-state index in [1.807, 2.05) is 84.7 Å². The Hall–Kier alpha value is -5.59. The maximum Gasteiger partial charge on any atom is 0.251 e. The first-order chi connectivity index (χ1) is 24.2. The van der Waals surface area contributed by atoms with E-state index in [4.69, 9.17) is 4.42 Å².